The second kappa shape index (κ2) is 7.40. The molecule has 3 heterocycles. The van der Waals surface area contributed by atoms with E-state index >= 15 is 0 Å². The lowest BCUT2D eigenvalue weighted by atomic mass is 9.60. The van der Waals surface area contributed by atoms with Crippen LogP contribution in [0.15, 0.2) is 30.3 Å². The van der Waals surface area contributed by atoms with Gasteiger partial charge in [0.15, 0.2) is 0 Å². The number of hydrogen-bond donors (Lipinski definition) is 1. The highest BCUT2D eigenvalue weighted by Crippen LogP contribution is 2.55. The first kappa shape index (κ1) is 19.1. The summed E-state index contributed by atoms with van der Waals surface area (Å²) in [6.07, 6.45) is 4.41. The molecule has 6 nitrogen and oxygen atoms in total. The Morgan fingerprint density at radius 1 is 1.07 bits per heavy atom. The average molecular weight is 399 g/mol. The molecule has 1 aliphatic carbocycles. The molecule has 1 N–H and O–H groups in total. The van der Waals surface area contributed by atoms with Crippen molar-refractivity contribution in [1.82, 2.24) is 9.80 Å². The molecule has 4 fully saturated rings. The fourth-order valence-corrected chi connectivity index (χ4v) is 5.71. The van der Waals surface area contributed by atoms with Crippen molar-refractivity contribution < 1.29 is 19.4 Å². The van der Waals surface area contributed by atoms with Crippen LogP contribution in [0.4, 0.5) is 0 Å². The molecule has 3 aliphatic heterocycles. The third-order valence-electron chi connectivity index (χ3n) is 7.36. The Bertz CT molecular complexity index is 766. The van der Waals surface area contributed by atoms with Crippen LogP contribution in [0.3, 0.4) is 0 Å². The van der Waals surface area contributed by atoms with E-state index in [0.29, 0.717) is 38.6 Å². The van der Waals surface area contributed by atoms with Gasteiger partial charge >= 0.3 is 0 Å². The van der Waals surface area contributed by atoms with Crippen molar-refractivity contribution in [2.45, 2.75) is 49.6 Å². The zero-order valence-corrected chi connectivity index (χ0v) is 16.8. The lowest BCUT2D eigenvalue weighted by Crippen LogP contribution is -2.86. The van der Waals surface area contributed by atoms with E-state index in [1.54, 1.807) is 0 Å². The first-order chi connectivity index (χ1) is 14.1. The number of amides is 2. The van der Waals surface area contributed by atoms with E-state index in [9.17, 15) is 14.7 Å². The zero-order valence-electron chi connectivity index (χ0n) is 16.8. The van der Waals surface area contributed by atoms with Gasteiger partial charge in [0, 0.05) is 44.6 Å². The highest BCUT2D eigenvalue weighted by Gasteiger charge is 2.68. The molecule has 1 aromatic rings. The standard InChI is InChI=1S/C23H30N2O4/c26-13-19-21(17-4-2-1-3-5-17)23(25(19)20(27)12-16-6-7-16)14-24(15-23)22(28)18-8-10-29-11-9-18/h1-5,16,18-19,21,26H,6-15H2/t19-,21+/m1/s1. The first-order valence-electron chi connectivity index (χ1n) is 11.0. The number of ether oxygens (including phenoxy) is 1. The zero-order chi connectivity index (χ0) is 20.0. The average Bonchev–Trinajstić information content (AvgIpc) is 3.51. The van der Waals surface area contributed by atoms with E-state index in [0.717, 1.165) is 31.2 Å². The third kappa shape index (κ3) is 3.17. The molecule has 4 aliphatic rings. The van der Waals surface area contributed by atoms with Gasteiger partial charge in [0.1, 0.15) is 0 Å². The Hall–Kier alpha value is -1.92. The molecule has 29 heavy (non-hydrogen) atoms. The monoisotopic (exact) mass is 398 g/mol. The number of aliphatic hydroxyl groups excluding tert-OH is 1. The van der Waals surface area contributed by atoms with Gasteiger partial charge in [-0.05, 0) is 37.2 Å². The van der Waals surface area contributed by atoms with Crippen molar-refractivity contribution in [3.8, 4) is 0 Å². The maximum absolute atomic E-state index is 13.1. The fourth-order valence-electron chi connectivity index (χ4n) is 5.71. The van der Waals surface area contributed by atoms with Crippen LogP contribution >= 0.6 is 0 Å². The minimum absolute atomic E-state index is 0.0361. The lowest BCUT2D eigenvalue weighted by Gasteiger charge is -2.70. The minimum atomic E-state index is -0.360. The third-order valence-corrected chi connectivity index (χ3v) is 7.36. The summed E-state index contributed by atoms with van der Waals surface area (Å²) in [4.78, 5) is 30.0. The number of aliphatic hydroxyl groups is 1. The predicted molar refractivity (Wildman–Crippen MR) is 107 cm³/mol. The van der Waals surface area contributed by atoms with Crippen molar-refractivity contribution in [2.24, 2.45) is 11.8 Å². The number of carbonyl (C=O) groups is 2. The van der Waals surface area contributed by atoms with Gasteiger partial charge in [0.05, 0.1) is 18.2 Å². The van der Waals surface area contributed by atoms with E-state index in [4.69, 9.17) is 4.74 Å². The normalized spacial score (nSPS) is 28.7. The van der Waals surface area contributed by atoms with Crippen molar-refractivity contribution >= 4 is 11.8 Å². The Morgan fingerprint density at radius 3 is 2.38 bits per heavy atom. The molecule has 5 rings (SSSR count). The summed E-state index contributed by atoms with van der Waals surface area (Å²) in [6, 6.07) is 9.98. The summed E-state index contributed by atoms with van der Waals surface area (Å²) in [7, 11) is 0. The van der Waals surface area contributed by atoms with Crippen LogP contribution in [-0.4, -0.2) is 71.2 Å². The molecule has 0 radical (unpaired) electrons. The molecule has 1 aromatic carbocycles. The van der Waals surface area contributed by atoms with Gasteiger partial charge in [0.2, 0.25) is 11.8 Å². The van der Waals surface area contributed by atoms with E-state index < -0.39 is 0 Å². The summed E-state index contributed by atoms with van der Waals surface area (Å²) in [5.41, 5.74) is 0.793. The number of nitrogens with zero attached hydrogens (tertiary/aromatic N) is 2. The van der Waals surface area contributed by atoms with Crippen molar-refractivity contribution in [3.05, 3.63) is 35.9 Å². The van der Waals surface area contributed by atoms with Crippen molar-refractivity contribution in [3.63, 3.8) is 0 Å². The summed E-state index contributed by atoms with van der Waals surface area (Å²) in [6.45, 7) is 2.43. The molecule has 2 amide bonds. The topological polar surface area (TPSA) is 70.1 Å². The molecule has 1 saturated carbocycles. The van der Waals surface area contributed by atoms with Gasteiger partial charge in [-0.25, -0.2) is 0 Å². The van der Waals surface area contributed by atoms with Crippen LogP contribution in [0.5, 0.6) is 0 Å². The van der Waals surface area contributed by atoms with Crippen LogP contribution in [0, 0.1) is 11.8 Å². The number of carbonyl (C=O) groups excluding carboxylic acids is 2. The summed E-state index contributed by atoms with van der Waals surface area (Å²) < 4.78 is 5.40. The molecule has 3 saturated heterocycles. The molecule has 0 aromatic heterocycles. The van der Waals surface area contributed by atoms with Crippen molar-refractivity contribution in [1.29, 1.82) is 0 Å². The minimum Gasteiger partial charge on any atom is -0.394 e. The first-order valence-corrected chi connectivity index (χ1v) is 11.0. The molecule has 1 spiro atoms. The van der Waals surface area contributed by atoms with Gasteiger partial charge in [-0.15, -0.1) is 0 Å². The molecular formula is C23H30N2O4. The maximum atomic E-state index is 13.1. The van der Waals surface area contributed by atoms with E-state index in [1.807, 2.05) is 28.0 Å². The Morgan fingerprint density at radius 2 is 1.76 bits per heavy atom. The van der Waals surface area contributed by atoms with Crippen LogP contribution in [-0.2, 0) is 14.3 Å². The molecule has 156 valence electrons. The molecule has 0 unspecified atom stereocenters. The Kier molecular flexibility index (Phi) is 4.87. The summed E-state index contributed by atoms with van der Waals surface area (Å²) in [5.74, 6) is 0.982. The highest BCUT2D eigenvalue weighted by molar-refractivity contribution is 5.84. The second-order valence-corrected chi connectivity index (χ2v) is 9.23. The van der Waals surface area contributed by atoms with Crippen LogP contribution in [0.1, 0.15) is 43.6 Å². The number of likely N-dealkylation sites (tertiary alicyclic amines) is 2. The molecule has 2 atom stereocenters. The fraction of sp³-hybridized carbons (Fsp3) is 0.652. The molecular weight excluding hydrogens is 368 g/mol. The summed E-state index contributed by atoms with van der Waals surface area (Å²) in [5, 5.41) is 10.1. The number of benzene rings is 1. The SMILES string of the molecule is O=C(C1CCOCC1)N1CC2(C1)[C@@H](c1ccccc1)[C@@H](CO)N2C(=O)CC1CC1. The maximum Gasteiger partial charge on any atom is 0.226 e. The second-order valence-electron chi connectivity index (χ2n) is 9.23. The van der Waals surface area contributed by atoms with Crippen LogP contribution in [0.2, 0.25) is 0 Å². The van der Waals surface area contributed by atoms with Crippen LogP contribution < -0.4 is 0 Å². The largest absolute Gasteiger partial charge is 0.394 e. The van der Waals surface area contributed by atoms with Crippen molar-refractivity contribution in [2.75, 3.05) is 32.9 Å². The van der Waals surface area contributed by atoms with Gasteiger partial charge < -0.3 is 19.6 Å². The Balaban J connectivity index is 1.37. The number of hydrogen-bond acceptors (Lipinski definition) is 4. The van der Waals surface area contributed by atoms with Gasteiger partial charge in [0.25, 0.3) is 0 Å². The summed E-state index contributed by atoms with van der Waals surface area (Å²) >= 11 is 0. The molecule has 6 heteroatoms. The van der Waals surface area contributed by atoms with Gasteiger partial charge in [-0.2, -0.15) is 0 Å². The van der Waals surface area contributed by atoms with E-state index in [-0.39, 0.29) is 41.8 Å². The quantitative estimate of drug-likeness (QED) is 0.821. The smallest absolute Gasteiger partial charge is 0.226 e. The lowest BCUT2D eigenvalue weighted by molar-refractivity contribution is -0.205. The highest BCUT2D eigenvalue weighted by atomic mass is 16.5. The van der Waals surface area contributed by atoms with Gasteiger partial charge in [-0.1, -0.05) is 30.3 Å². The predicted octanol–water partition coefficient (Wildman–Crippen LogP) is 1.78. The molecule has 0 bridgehead atoms. The Labute approximate surface area is 171 Å². The van der Waals surface area contributed by atoms with E-state index in [1.165, 1.54) is 0 Å². The van der Waals surface area contributed by atoms with E-state index in [2.05, 4.69) is 12.1 Å². The number of rotatable bonds is 5. The van der Waals surface area contributed by atoms with Gasteiger partial charge in [-0.3, -0.25) is 9.59 Å². The van der Waals surface area contributed by atoms with Crippen LogP contribution in [0.25, 0.3) is 0 Å².